The molecular formula is C17H26N4O4. The molecule has 8 nitrogen and oxygen atoms in total. The van der Waals surface area contributed by atoms with E-state index in [2.05, 4.69) is 10.6 Å². The van der Waals surface area contributed by atoms with Crippen LogP contribution in [-0.4, -0.2) is 66.6 Å². The summed E-state index contributed by atoms with van der Waals surface area (Å²) in [5.41, 5.74) is 6.33. The van der Waals surface area contributed by atoms with Crippen LogP contribution in [0, 0.1) is 0 Å². The Hall–Kier alpha value is -2.45. The highest BCUT2D eigenvalue weighted by Crippen LogP contribution is 2.08. The lowest BCUT2D eigenvalue weighted by atomic mass is 10.0. The Bertz CT molecular complexity index is 577. The number of benzene rings is 1. The third-order valence-electron chi connectivity index (χ3n) is 3.67. The second-order valence-electron chi connectivity index (χ2n) is 5.73. The minimum atomic E-state index is -0.756. The van der Waals surface area contributed by atoms with Gasteiger partial charge in [0.2, 0.25) is 17.7 Å². The van der Waals surface area contributed by atoms with Gasteiger partial charge in [-0.15, -0.1) is 0 Å². The first kappa shape index (κ1) is 20.6. The molecule has 0 unspecified atom stereocenters. The maximum absolute atomic E-state index is 12.4. The lowest BCUT2D eigenvalue weighted by Gasteiger charge is -2.27. The molecule has 0 heterocycles. The normalized spacial score (nSPS) is 12.8. The summed E-state index contributed by atoms with van der Waals surface area (Å²) in [5.74, 6) is -1.22. The summed E-state index contributed by atoms with van der Waals surface area (Å²) in [4.78, 5) is 37.5. The van der Waals surface area contributed by atoms with Crippen LogP contribution >= 0.6 is 0 Å². The molecule has 25 heavy (non-hydrogen) atoms. The van der Waals surface area contributed by atoms with Gasteiger partial charge >= 0.3 is 0 Å². The summed E-state index contributed by atoms with van der Waals surface area (Å²) in [7, 11) is 1.51. The third kappa shape index (κ3) is 6.90. The van der Waals surface area contributed by atoms with Crippen LogP contribution in [0.3, 0.4) is 0 Å². The second-order valence-corrected chi connectivity index (χ2v) is 5.73. The van der Waals surface area contributed by atoms with E-state index in [-0.39, 0.29) is 25.6 Å². The molecule has 2 atom stereocenters. The van der Waals surface area contributed by atoms with Crippen molar-refractivity contribution in [2.75, 3.05) is 26.7 Å². The molecule has 0 fully saturated rings. The Balaban J connectivity index is 2.80. The van der Waals surface area contributed by atoms with Crippen molar-refractivity contribution in [3.63, 3.8) is 0 Å². The average Bonchev–Trinajstić information content (AvgIpc) is 2.61. The van der Waals surface area contributed by atoms with Crippen molar-refractivity contribution in [1.29, 1.82) is 0 Å². The van der Waals surface area contributed by atoms with E-state index in [1.807, 2.05) is 30.3 Å². The molecular weight excluding hydrogens is 324 g/mol. The summed E-state index contributed by atoms with van der Waals surface area (Å²) in [6.07, 6.45) is 0.321. The van der Waals surface area contributed by atoms with E-state index in [1.54, 1.807) is 0 Å². The predicted octanol–water partition coefficient (Wildman–Crippen LogP) is -1.37. The molecule has 0 aliphatic heterocycles. The van der Waals surface area contributed by atoms with Gasteiger partial charge in [0, 0.05) is 20.0 Å². The van der Waals surface area contributed by atoms with Crippen LogP contribution in [0.5, 0.6) is 0 Å². The predicted molar refractivity (Wildman–Crippen MR) is 93.5 cm³/mol. The van der Waals surface area contributed by atoms with Crippen LogP contribution in [0.4, 0.5) is 0 Å². The maximum atomic E-state index is 12.4. The first-order valence-electron chi connectivity index (χ1n) is 8.08. The molecule has 5 N–H and O–H groups in total. The van der Waals surface area contributed by atoms with Gasteiger partial charge < -0.3 is 26.4 Å². The number of hydrogen-bond acceptors (Lipinski definition) is 5. The quantitative estimate of drug-likeness (QED) is 0.437. The zero-order valence-electron chi connectivity index (χ0n) is 14.6. The van der Waals surface area contributed by atoms with Crippen molar-refractivity contribution < 1.29 is 19.5 Å². The van der Waals surface area contributed by atoms with Crippen LogP contribution in [0.15, 0.2) is 30.3 Å². The van der Waals surface area contributed by atoms with Crippen LogP contribution in [0.25, 0.3) is 0 Å². The lowest BCUT2D eigenvalue weighted by molar-refractivity contribution is -0.139. The monoisotopic (exact) mass is 350 g/mol. The summed E-state index contributed by atoms with van der Waals surface area (Å²) >= 11 is 0. The summed E-state index contributed by atoms with van der Waals surface area (Å²) in [6.45, 7) is 1.19. The van der Waals surface area contributed by atoms with Gasteiger partial charge in [0.05, 0.1) is 19.2 Å². The molecule has 0 saturated heterocycles. The lowest BCUT2D eigenvalue weighted by Crippen LogP contribution is -2.52. The molecule has 1 aromatic carbocycles. The Morgan fingerprint density at radius 1 is 1.16 bits per heavy atom. The maximum Gasteiger partial charge on any atom is 0.243 e. The number of nitrogens with two attached hydrogens (primary N) is 1. The molecule has 0 saturated carbocycles. The van der Waals surface area contributed by atoms with Crippen molar-refractivity contribution in [3.05, 3.63) is 35.9 Å². The summed E-state index contributed by atoms with van der Waals surface area (Å²) in [5, 5.41) is 13.9. The van der Waals surface area contributed by atoms with Gasteiger partial charge in [-0.1, -0.05) is 30.3 Å². The van der Waals surface area contributed by atoms with Crippen molar-refractivity contribution in [2.24, 2.45) is 5.73 Å². The average molecular weight is 350 g/mol. The largest absolute Gasteiger partial charge is 0.395 e. The van der Waals surface area contributed by atoms with Crippen molar-refractivity contribution >= 4 is 17.7 Å². The molecule has 1 rings (SSSR count). The topological polar surface area (TPSA) is 125 Å². The minimum Gasteiger partial charge on any atom is -0.395 e. The van der Waals surface area contributed by atoms with E-state index in [4.69, 9.17) is 10.8 Å². The van der Waals surface area contributed by atoms with Crippen LogP contribution in [0.2, 0.25) is 0 Å². The smallest absolute Gasteiger partial charge is 0.243 e. The third-order valence-corrected chi connectivity index (χ3v) is 3.67. The summed E-state index contributed by atoms with van der Waals surface area (Å²) in [6, 6.07) is 7.82. The standard InChI is InChI=1S/C17H26N4O4/c1-12(18)16(24)20-11-15(23)21(2)14(17(25)19-8-9-22)10-13-6-4-3-5-7-13/h3-7,12,14,22H,8-11,18H2,1-2H3,(H,19,25)(H,20,24)/t12-,14-/m0/s1. The Morgan fingerprint density at radius 3 is 2.36 bits per heavy atom. The number of aliphatic hydroxyl groups is 1. The number of carbonyl (C=O) groups excluding carboxylic acids is 3. The number of hydrogen-bond donors (Lipinski definition) is 4. The fourth-order valence-electron chi connectivity index (χ4n) is 2.16. The minimum absolute atomic E-state index is 0.105. The first-order chi connectivity index (χ1) is 11.9. The Labute approximate surface area is 147 Å². The van der Waals surface area contributed by atoms with Gasteiger partial charge in [0.25, 0.3) is 0 Å². The van der Waals surface area contributed by atoms with E-state index < -0.39 is 23.9 Å². The fraction of sp³-hybridized carbons (Fsp3) is 0.471. The highest BCUT2D eigenvalue weighted by atomic mass is 16.3. The Kier molecular flexibility index (Phi) is 8.59. The molecule has 0 bridgehead atoms. The number of amides is 3. The van der Waals surface area contributed by atoms with E-state index in [0.29, 0.717) is 6.42 Å². The molecule has 0 aromatic heterocycles. The number of rotatable bonds is 9. The molecule has 0 radical (unpaired) electrons. The van der Waals surface area contributed by atoms with Crippen LogP contribution in [0.1, 0.15) is 12.5 Å². The zero-order chi connectivity index (χ0) is 18.8. The molecule has 0 aliphatic carbocycles. The molecule has 0 aliphatic rings. The van der Waals surface area contributed by atoms with E-state index in [0.717, 1.165) is 5.56 Å². The van der Waals surface area contributed by atoms with Gasteiger partial charge in [0.1, 0.15) is 6.04 Å². The van der Waals surface area contributed by atoms with Gasteiger partial charge in [-0.2, -0.15) is 0 Å². The SMILES string of the molecule is C[C@H](N)C(=O)NCC(=O)N(C)[C@@H](Cc1ccccc1)C(=O)NCCO. The van der Waals surface area contributed by atoms with E-state index in [1.165, 1.54) is 18.9 Å². The number of nitrogens with zero attached hydrogens (tertiary/aromatic N) is 1. The van der Waals surface area contributed by atoms with E-state index in [9.17, 15) is 14.4 Å². The number of aliphatic hydroxyl groups excluding tert-OH is 1. The molecule has 138 valence electrons. The van der Waals surface area contributed by atoms with Crippen molar-refractivity contribution in [3.8, 4) is 0 Å². The van der Waals surface area contributed by atoms with Crippen molar-refractivity contribution in [1.82, 2.24) is 15.5 Å². The second kappa shape index (κ2) is 10.4. The van der Waals surface area contributed by atoms with Gasteiger partial charge in [0.15, 0.2) is 0 Å². The number of nitrogens with one attached hydrogen (secondary N) is 2. The highest BCUT2D eigenvalue weighted by Gasteiger charge is 2.27. The molecule has 8 heteroatoms. The Morgan fingerprint density at radius 2 is 1.80 bits per heavy atom. The highest BCUT2D eigenvalue weighted by molar-refractivity contribution is 5.91. The van der Waals surface area contributed by atoms with Gasteiger partial charge in [-0.3, -0.25) is 14.4 Å². The van der Waals surface area contributed by atoms with Gasteiger partial charge in [-0.25, -0.2) is 0 Å². The van der Waals surface area contributed by atoms with Gasteiger partial charge in [-0.05, 0) is 12.5 Å². The molecule has 1 aromatic rings. The first-order valence-corrected chi connectivity index (χ1v) is 8.08. The molecule has 3 amide bonds. The zero-order valence-corrected chi connectivity index (χ0v) is 14.6. The molecule has 0 spiro atoms. The van der Waals surface area contributed by atoms with Crippen LogP contribution < -0.4 is 16.4 Å². The van der Waals surface area contributed by atoms with E-state index >= 15 is 0 Å². The number of likely N-dealkylation sites (N-methyl/N-ethyl adjacent to an activating group) is 1. The fourth-order valence-corrected chi connectivity index (χ4v) is 2.16. The van der Waals surface area contributed by atoms with Crippen LogP contribution in [-0.2, 0) is 20.8 Å². The summed E-state index contributed by atoms with van der Waals surface area (Å²) < 4.78 is 0. The number of carbonyl (C=O) groups is 3. The van der Waals surface area contributed by atoms with Crippen molar-refractivity contribution in [2.45, 2.75) is 25.4 Å².